The van der Waals surface area contributed by atoms with Gasteiger partial charge in [-0.1, -0.05) is 0 Å². The quantitative estimate of drug-likeness (QED) is 0.489. The van der Waals surface area contributed by atoms with Crippen LogP contribution in [0, 0.1) is 0 Å². The number of hydrogen-bond acceptors (Lipinski definition) is 3. The maximum atomic E-state index is 11.7. The second-order valence-electron chi connectivity index (χ2n) is 4.18. The lowest BCUT2D eigenvalue weighted by molar-refractivity contribution is -0.131. The van der Waals surface area contributed by atoms with Gasteiger partial charge in [0.05, 0.1) is 0 Å². The van der Waals surface area contributed by atoms with Crippen molar-refractivity contribution in [2.75, 3.05) is 23.2 Å². The molecule has 2 rings (SSSR count). The average Bonchev–Trinajstić information content (AvgIpc) is 2.45. The number of carbonyl (C=O) groups is 2. The van der Waals surface area contributed by atoms with Crippen LogP contribution in [-0.4, -0.2) is 30.2 Å². The molecule has 1 heterocycles. The van der Waals surface area contributed by atoms with E-state index in [-0.39, 0.29) is 17.7 Å². The van der Waals surface area contributed by atoms with E-state index in [1.807, 2.05) is 0 Å². The van der Waals surface area contributed by atoms with Gasteiger partial charge in [-0.25, -0.2) is 0 Å². The number of fused-ring (bicyclic) bond motifs is 1. The molecule has 1 aromatic rings. The SMILES string of the molecule is O=C(CCl)Oc1ccc2c(c1)CCCN2C(=O)CCl. The van der Waals surface area contributed by atoms with Gasteiger partial charge >= 0.3 is 5.97 Å². The predicted octanol–water partition coefficient (Wildman–Crippen LogP) is 2.35. The van der Waals surface area contributed by atoms with Gasteiger partial charge in [0.15, 0.2) is 0 Å². The highest BCUT2D eigenvalue weighted by molar-refractivity contribution is 6.29. The summed E-state index contributed by atoms with van der Waals surface area (Å²) in [5.74, 6) is -0.389. The van der Waals surface area contributed by atoms with Crippen molar-refractivity contribution in [3.05, 3.63) is 23.8 Å². The van der Waals surface area contributed by atoms with Crippen LogP contribution in [0.15, 0.2) is 18.2 Å². The summed E-state index contributed by atoms with van der Waals surface area (Å²) in [6, 6.07) is 5.20. The van der Waals surface area contributed by atoms with Crippen LogP contribution in [0.2, 0.25) is 0 Å². The summed E-state index contributed by atoms with van der Waals surface area (Å²) in [5, 5.41) is 0. The van der Waals surface area contributed by atoms with Crippen molar-refractivity contribution in [2.45, 2.75) is 12.8 Å². The number of halogens is 2. The van der Waals surface area contributed by atoms with E-state index in [9.17, 15) is 9.59 Å². The number of esters is 1. The summed E-state index contributed by atoms with van der Waals surface area (Å²) >= 11 is 11.0. The lowest BCUT2D eigenvalue weighted by atomic mass is 10.0. The summed E-state index contributed by atoms with van der Waals surface area (Å²) in [4.78, 5) is 24.5. The molecule has 1 aliphatic rings. The molecule has 4 nitrogen and oxygen atoms in total. The van der Waals surface area contributed by atoms with Crippen LogP contribution < -0.4 is 9.64 Å². The van der Waals surface area contributed by atoms with Crippen LogP contribution in [0.1, 0.15) is 12.0 Å². The molecule has 1 aliphatic heterocycles. The van der Waals surface area contributed by atoms with Gasteiger partial charge in [-0.05, 0) is 36.6 Å². The van der Waals surface area contributed by atoms with E-state index >= 15 is 0 Å². The third-order valence-electron chi connectivity index (χ3n) is 2.93. The Bertz CT molecular complexity index is 505. The zero-order chi connectivity index (χ0) is 13.8. The minimum Gasteiger partial charge on any atom is -0.426 e. The molecule has 19 heavy (non-hydrogen) atoms. The van der Waals surface area contributed by atoms with E-state index in [2.05, 4.69) is 0 Å². The molecule has 6 heteroatoms. The normalized spacial score (nSPS) is 13.9. The lowest BCUT2D eigenvalue weighted by Crippen LogP contribution is -2.36. The molecule has 0 aromatic heterocycles. The smallest absolute Gasteiger partial charge is 0.326 e. The first-order valence-electron chi connectivity index (χ1n) is 5.91. The Kier molecular flexibility index (Phi) is 4.66. The first-order valence-corrected chi connectivity index (χ1v) is 6.98. The van der Waals surface area contributed by atoms with Gasteiger partial charge in [-0.3, -0.25) is 9.59 Å². The summed E-state index contributed by atoms with van der Waals surface area (Å²) in [6.45, 7) is 0.666. The van der Waals surface area contributed by atoms with Gasteiger partial charge in [0.1, 0.15) is 17.5 Å². The van der Waals surface area contributed by atoms with E-state index < -0.39 is 5.97 Å². The molecule has 0 fully saturated rings. The van der Waals surface area contributed by atoms with Crippen molar-refractivity contribution in [1.82, 2.24) is 0 Å². The fourth-order valence-corrected chi connectivity index (χ4v) is 2.33. The zero-order valence-corrected chi connectivity index (χ0v) is 11.7. The molecule has 0 unspecified atom stereocenters. The topological polar surface area (TPSA) is 46.6 Å². The minimum atomic E-state index is -0.494. The Balaban J connectivity index is 2.25. The average molecular weight is 302 g/mol. The van der Waals surface area contributed by atoms with Gasteiger partial charge in [-0.15, -0.1) is 23.2 Å². The van der Waals surface area contributed by atoms with Gasteiger partial charge < -0.3 is 9.64 Å². The predicted molar refractivity (Wildman–Crippen MR) is 74.2 cm³/mol. The fourth-order valence-electron chi connectivity index (χ4n) is 2.13. The third-order valence-corrected chi connectivity index (χ3v) is 3.37. The summed E-state index contributed by atoms with van der Waals surface area (Å²) < 4.78 is 5.05. The van der Waals surface area contributed by atoms with Crippen molar-refractivity contribution in [3.8, 4) is 5.75 Å². The molecule has 0 saturated heterocycles. The Morgan fingerprint density at radius 3 is 2.74 bits per heavy atom. The molecular formula is C13H13Cl2NO3. The summed E-state index contributed by atoms with van der Waals surface area (Å²) in [7, 11) is 0. The molecule has 1 aromatic carbocycles. The lowest BCUT2D eigenvalue weighted by Gasteiger charge is -2.29. The number of alkyl halides is 2. The number of ether oxygens (including phenoxy) is 1. The van der Waals surface area contributed by atoms with Crippen LogP contribution in [0.25, 0.3) is 0 Å². The number of benzene rings is 1. The van der Waals surface area contributed by atoms with E-state index in [1.165, 1.54) is 0 Å². The van der Waals surface area contributed by atoms with E-state index in [4.69, 9.17) is 27.9 Å². The van der Waals surface area contributed by atoms with Crippen LogP contribution in [0.4, 0.5) is 5.69 Å². The maximum absolute atomic E-state index is 11.7. The molecule has 0 spiro atoms. The molecule has 1 amide bonds. The zero-order valence-electron chi connectivity index (χ0n) is 10.2. The van der Waals surface area contributed by atoms with E-state index in [1.54, 1.807) is 23.1 Å². The van der Waals surface area contributed by atoms with Gasteiger partial charge in [0, 0.05) is 12.2 Å². The fraction of sp³-hybridized carbons (Fsp3) is 0.385. The molecular weight excluding hydrogens is 289 g/mol. The highest BCUT2D eigenvalue weighted by atomic mass is 35.5. The van der Waals surface area contributed by atoms with Crippen molar-refractivity contribution in [3.63, 3.8) is 0 Å². The van der Waals surface area contributed by atoms with Crippen LogP contribution >= 0.6 is 23.2 Å². The largest absolute Gasteiger partial charge is 0.426 e. The summed E-state index contributed by atoms with van der Waals surface area (Å²) in [5.41, 5.74) is 1.81. The number of rotatable bonds is 3. The van der Waals surface area contributed by atoms with Crippen molar-refractivity contribution in [2.24, 2.45) is 0 Å². The Hall–Kier alpha value is -1.26. The molecule has 0 N–H and O–H groups in total. The van der Waals surface area contributed by atoms with E-state index in [0.29, 0.717) is 12.3 Å². The van der Waals surface area contributed by atoms with Crippen molar-refractivity contribution < 1.29 is 14.3 Å². The Morgan fingerprint density at radius 1 is 1.26 bits per heavy atom. The van der Waals surface area contributed by atoms with E-state index in [0.717, 1.165) is 24.1 Å². The second kappa shape index (κ2) is 6.26. The highest BCUT2D eigenvalue weighted by Gasteiger charge is 2.22. The highest BCUT2D eigenvalue weighted by Crippen LogP contribution is 2.30. The first-order chi connectivity index (χ1) is 9.15. The molecule has 0 atom stereocenters. The first kappa shape index (κ1) is 14.2. The third kappa shape index (κ3) is 3.19. The second-order valence-corrected chi connectivity index (χ2v) is 4.72. The van der Waals surface area contributed by atoms with Crippen LogP contribution in [0.5, 0.6) is 5.75 Å². The van der Waals surface area contributed by atoms with Crippen LogP contribution in [-0.2, 0) is 16.0 Å². The van der Waals surface area contributed by atoms with Crippen molar-refractivity contribution >= 4 is 40.8 Å². The molecule has 0 radical (unpaired) electrons. The molecule has 102 valence electrons. The monoisotopic (exact) mass is 301 g/mol. The number of carbonyl (C=O) groups excluding carboxylic acids is 2. The Labute approximate surface area is 121 Å². The van der Waals surface area contributed by atoms with Crippen LogP contribution in [0.3, 0.4) is 0 Å². The summed E-state index contributed by atoms with van der Waals surface area (Å²) in [6.07, 6.45) is 1.70. The number of aryl methyl sites for hydroxylation is 1. The number of nitrogens with zero attached hydrogens (tertiary/aromatic N) is 1. The Morgan fingerprint density at radius 2 is 2.05 bits per heavy atom. The van der Waals surface area contributed by atoms with Crippen molar-refractivity contribution in [1.29, 1.82) is 0 Å². The standard InChI is InChI=1S/C13H13Cl2NO3/c14-7-12(17)16-5-1-2-9-6-10(3-4-11(9)16)19-13(18)8-15/h3-4,6H,1-2,5,7-8H2. The number of anilines is 1. The molecule has 0 saturated carbocycles. The molecule has 0 aliphatic carbocycles. The minimum absolute atomic E-state index is 0.0393. The van der Waals surface area contributed by atoms with Gasteiger partial charge in [-0.2, -0.15) is 0 Å². The van der Waals surface area contributed by atoms with Gasteiger partial charge in [0.2, 0.25) is 5.91 Å². The maximum Gasteiger partial charge on any atom is 0.326 e. The number of hydrogen-bond donors (Lipinski definition) is 0. The number of amides is 1. The van der Waals surface area contributed by atoms with Gasteiger partial charge in [0.25, 0.3) is 0 Å². The molecule has 0 bridgehead atoms.